The van der Waals surface area contributed by atoms with Crippen molar-refractivity contribution in [1.29, 1.82) is 0 Å². The Morgan fingerprint density at radius 2 is 1.75 bits per heavy atom. The molecule has 2 heterocycles. The Balaban J connectivity index is 1.33. The zero-order valence-electron chi connectivity index (χ0n) is 15.0. The van der Waals surface area contributed by atoms with E-state index in [1.807, 2.05) is 24.3 Å². The standard InChI is InChI=1S/C21H19NO6/c23-19(24)21-12-22(9-13(28-21)10-27-21)20(25)26-11-18-16-7-3-1-5-14(16)15-6-2-4-8-17(15)18/h1-8,13,18H,9-12H2,(H,23,24). The molecule has 2 fully saturated rings. The largest absolute Gasteiger partial charge is 0.477 e. The number of benzene rings is 2. The van der Waals surface area contributed by atoms with Crippen LogP contribution >= 0.6 is 0 Å². The monoisotopic (exact) mass is 381 g/mol. The maximum Gasteiger partial charge on any atom is 0.410 e. The van der Waals surface area contributed by atoms with Crippen LogP contribution in [0, 0.1) is 0 Å². The topological polar surface area (TPSA) is 85.3 Å². The summed E-state index contributed by atoms with van der Waals surface area (Å²) in [6, 6.07) is 16.2. The van der Waals surface area contributed by atoms with Crippen LogP contribution in [0.1, 0.15) is 17.0 Å². The molecular formula is C21H19NO6. The Labute approximate surface area is 161 Å². The number of carbonyl (C=O) groups is 2. The smallest absolute Gasteiger partial charge is 0.410 e. The van der Waals surface area contributed by atoms with Crippen LogP contribution < -0.4 is 0 Å². The summed E-state index contributed by atoms with van der Waals surface area (Å²) in [5, 5.41) is 9.41. The van der Waals surface area contributed by atoms with E-state index in [2.05, 4.69) is 24.3 Å². The molecule has 2 bridgehead atoms. The average Bonchev–Trinajstić information content (AvgIpc) is 3.21. The van der Waals surface area contributed by atoms with E-state index in [4.69, 9.17) is 14.2 Å². The number of rotatable bonds is 3. The second kappa shape index (κ2) is 6.32. The van der Waals surface area contributed by atoms with E-state index >= 15 is 0 Å². The number of fused-ring (bicyclic) bond motifs is 5. The first kappa shape index (κ1) is 17.2. The predicted molar refractivity (Wildman–Crippen MR) is 97.8 cm³/mol. The first-order valence-electron chi connectivity index (χ1n) is 9.22. The third kappa shape index (κ3) is 2.58. The summed E-state index contributed by atoms with van der Waals surface area (Å²) in [5.41, 5.74) is 4.57. The van der Waals surface area contributed by atoms with Crippen molar-refractivity contribution in [1.82, 2.24) is 4.90 Å². The number of amides is 1. The van der Waals surface area contributed by atoms with Gasteiger partial charge in [0.15, 0.2) is 0 Å². The SMILES string of the molecule is O=C(OCC1c2ccccc2-c2ccccc21)N1CC2COC(C(=O)O)(C1)O2. The third-order valence-corrected chi connectivity index (χ3v) is 5.60. The minimum absolute atomic E-state index is 0.0428. The number of hydrogen-bond donors (Lipinski definition) is 1. The minimum atomic E-state index is -1.78. The Morgan fingerprint density at radius 3 is 2.39 bits per heavy atom. The van der Waals surface area contributed by atoms with Crippen molar-refractivity contribution < 1.29 is 28.9 Å². The number of carboxylic acid groups (broad SMARTS) is 1. The second-order valence-electron chi connectivity index (χ2n) is 7.29. The molecule has 2 unspecified atom stereocenters. The van der Waals surface area contributed by atoms with E-state index in [9.17, 15) is 14.7 Å². The van der Waals surface area contributed by atoms with Gasteiger partial charge in [0.05, 0.1) is 19.7 Å². The fourth-order valence-electron chi connectivity index (χ4n) is 4.30. The van der Waals surface area contributed by atoms with Gasteiger partial charge in [0.25, 0.3) is 5.79 Å². The molecule has 0 saturated carbocycles. The molecule has 0 aromatic heterocycles. The lowest BCUT2D eigenvalue weighted by atomic mass is 9.98. The van der Waals surface area contributed by atoms with Crippen molar-refractivity contribution in [2.75, 3.05) is 26.3 Å². The van der Waals surface area contributed by atoms with Crippen LogP contribution in [0.2, 0.25) is 0 Å². The number of carboxylic acids is 1. The lowest BCUT2D eigenvalue weighted by Crippen LogP contribution is -2.57. The van der Waals surface area contributed by atoms with E-state index in [0.29, 0.717) is 0 Å². The molecule has 0 radical (unpaired) electrons. The predicted octanol–water partition coefficient (Wildman–Crippen LogP) is 2.45. The zero-order valence-corrected chi connectivity index (χ0v) is 15.0. The van der Waals surface area contributed by atoms with Crippen LogP contribution in [0.5, 0.6) is 0 Å². The molecule has 2 saturated heterocycles. The highest BCUT2D eigenvalue weighted by Crippen LogP contribution is 2.44. The number of carbonyl (C=O) groups excluding carboxylic acids is 1. The lowest BCUT2D eigenvalue weighted by Gasteiger charge is -2.35. The van der Waals surface area contributed by atoms with Gasteiger partial charge >= 0.3 is 12.1 Å². The van der Waals surface area contributed by atoms with E-state index in [0.717, 1.165) is 22.3 Å². The fraction of sp³-hybridized carbons (Fsp3) is 0.333. The highest BCUT2D eigenvalue weighted by molar-refractivity contribution is 5.80. The first-order chi connectivity index (χ1) is 13.6. The summed E-state index contributed by atoms with van der Waals surface area (Å²) < 4.78 is 16.3. The van der Waals surface area contributed by atoms with Gasteiger partial charge in [-0.15, -0.1) is 0 Å². The van der Waals surface area contributed by atoms with Gasteiger partial charge in [0.1, 0.15) is 12.7 Å². The van der Waals surface area contributed by atoms with Gasteiger partial charge in [-0.2, -0.15) is 0 Å². The van der Waals surface area contributed by atoms with E-state index < -0.39 is 24.0 Å². The molecule has 1 aliphatic carbocycles. The molecule has 2 aromatic rings. The highest BCUT2D eigenvalue weighted by atomic mass is 16.8. The Bertz CT molecular complexity index is 914. The van der Waals surface area contributed by atoms with Crippen molar-refractivity contribution in [2.45, 2.75) is 17.8 Å². The van der Waals surface area contributed by atoms with Crippen LogP contribution in [-0.2, 0) is 19.0 Å². The normalized spacial score (nSPS) is 25.3. The maximum atomic E-state index is 12.7. The molecule has 1 amide bonds. The fourth-order valence-corrected chi connectivity index (χ4v) is 4.30. The van der Waals surface area contributed by atoms with Crippen LogP contribution in [0.15, 0.2) is 48.5 Å². The van der Waals surface area contributed by atoms with Crippen molar-refractivity contribution >= 4 is 12.1 Å². The Kier molecular flexibility index (Phi) is 3.89. The summed E-state index contributed by atoms with van der Waals surface area (Å²) in [4.78, 5) is 25.5. The molecule has 144 valence electrons. The quantitative estimate of drug-likeness (QED) is 0.879. The van der Waals surface area contributed by atoms with Crippen LogP contribution in [0.25, 0.3) is 11.1 Å². The van der Waals surface area contributed by atoms with Gasteiger partial charge in [-0.1, -0.05) is 48.5 Å². The van der Waals surface area contributed by atoms with E-state index in [1.54, 1.807) is 0 Å². The van der Waals surface area contributed by atoms with E-state index in [1.165, 1.54) is 4.90 Å². The van der Waals surface area contributed by atoms with Crippen LogP contribution in [0.4, 0.5) is 4.79 Å². The summed E-state index contributed by atoms with van der Waals surface area (Å²) in [5.74, 6) is -3.06. The second-order valence-corrected chi connectivity index (χ2v) is 7.29. The summed E-state index contributed by atoms with van der Waals surface area (Å²) in [6.07, 6.45) is -1.00. The highest BCUT2D eigenvalue weighted by Gasteiger charge is 2.55. The van der Waals surface area contributed by atoms with Crippen molar-refractivity contribution in [3.05, 3.63) is 59.7 Å². The number of ether oxygens (including phenoxy) is 3. The average molecular weight is 381 g/mol. The lowest BCUT2D eigenvalue weighted by molar-refractivity contribution is -0.220. The minimum Gasteiger partial charge on any atom is -0.477 e. The van der Waals surface area contributed by atoms with Crippen molar-refractivity contribution in [3.63, 3.8) is 0 Å². The van der Waals surface area contributed by atoms with Crippen molar-refractivity contribution in [2.24, 2.45) is 0 Å². The van der Waals surface area contributed by atoms with Crippen LogP contribution in [-0.4, -0.2) is 60.3 Å². The van der Waals surface area contributed by atoms with Gasteiger partial charge < -0.3 is 19.3 Å². The number of nitrogens with zero attached hydrogens (tertiary/aromatic N) is 1. The van der Waals surface area contributed by atoms with Gasteiger partial charge in [-0.05, 0) is 22.3 Å². The maximum absolute atomic E-state index is 12.7. The molecule has 7 nitrogen and oxygen atoms in total. The first-order valence-corrected chi connectivity index (χ1v) is 9.22. The van der Waals surface area contributed by atoms with Gasteiger partial charge in [0, 0.05) is 5.92 Å². The summed E-state index contributed by atoms with van der Waals surface area (Å²) in [7, 11) is 0. The van der Waals surface area contributed by atoms with Gasteiger partial charge in [-0.25, -0.2) is 9.59 Å². The molecule has 3 aliphatic rings. The van der Waals surface area contributed by atoms with Gasteiger partial charge in [-0.3, -0.25) is 4.90 Å². The molecule has 28 heavy (non-hydrogen) atoms. The molecular weight excluding hydrogens is 362 g/mol. The molecule has 2 aliphatic heterocycles. The van der Waals surface area contributed by atoms with Crippen LogP contribution in [0.3, 0.4) is 0 Å². The summed E-state index contributed by atoms with van der Waals surface area (Å²) >= 11 is 0. The third-order valence-electron chi connectivity index (χ3n) is 5.60. The molecule has 5 rings (SSSR count). The zero-order chi connectivity index (χ0) is 19.3. The summed E-state index contributed by atoms with van der Waals surface area (Å²) in [6.45, 7) is 0.413. The molecule has 0 spiro atoms. The molecule has 2 atom stereocenters. The number of hydrogen-bond acceptors (Lipinski definition) is 5. The molecule has 1 N–H and O–H groups in total. The molecule has 7 heteroatoms. The molecule has 2 aromatic carbocycles. The van der Waals surface area contributed by atoms with E-state index in [-0.39, 0.29) is 32.2 Å². The van der Waals surface area contributed by atoms with Gasteiger partial charge in [0.2, 0.25) is 0 Å². The Hall–Kier alpha value is -2.90. The number of morpholine rings is 1. The number of aliphatic carboxylic acids is 1. The Morgan fingerprint density at radius 1 is 1.11 bits per heavy atom. The van der Waals surface area contributed by atoms with Crippen molar-refractivity contribution in [3.8, 4) is 11.1 Å².